The SMILES string of the molecule is C#Cc1ccc(C#CC)cc1.CCNCC. The Morgan fingerprint density at radius 3 is 1.88 bits per heavy atom. The Hall–Kier alpha value is -1.70. The lowest BCUT2D eigenvalue weighted by molar-refractivity contribution is 0.762. The normalized spacial score (nSPS) is 7.88. The molecule has 0 aromatic heterocycles. The van der Waals surface area contributed by atoms with Crippen molar-refractivity contribution in [2.24, 2.45) is 0 Å². The Labute approximate surface area is 99.3 Å². The first-order valence-corrected chi connectivity index (χ1v) is 5.48. The Kier molecular flexibility index (Phi) is 8.79. The summed E-state index contributed by atoms with van der Waals surface area (Å²) in [4.78, 5) is 0. The van der Waals surface area contributed by atoms with Crippen LogP contribution in [0.15, 0.2) is 24.3 Å². The van der Waals surface area contributed by atoms with Gasteiger partial charge < -0.3 is 5.32 Å². The van der Waals surface area contributed by atoms with Gasteiger partial charge in [0.05, 0.1) is 0 Å². The van der Waals surface area contributed by atoms with Crippen LogP contribution < -0.4 is 5.32 Å². The lowest BCUT2D eigenvalue weighted by atomic mass is 10.1. The quantitative estimate of drug-likeness (QED) is 0.745. The van der Waals surface area contributed by atoms with Gasteiger partial charge >= 0.3 is 0 Å². The highest BCUT2D eigenvalue weighted by atomic mass is 14.8. The van der Waals surface area contributed by atoms with Crippen molar-refractivity contribution in [1.29, 1.82) is 0 Å². The predicted molar refractivity (Wildman–Crippen MR) is 71.1 cm³/mol. The maximum absolute atomic E-state index is 5.19. The van der Waals surface area contributed by atoms with Crippen LogP contribution in [0.1, 0.15) is 31.9 Å². The largest absolute Gasteiger partial charge is 0.317 e. The number of hydrogen-bond acceptors (Lipinski definition) is 1. The van der Waals surface area contributed by atoms with E-state index in [4.69, 9.17) is 6.42 Å². The van der Waals surface area contributed by atoms with Crippen molar-refractivity contribution in [3.05, 3.63) is 35.4 Å². The molecule has 0 heterocycles. The van der Waals surface area contributed by atoms with Crippen molar-refractivity contribution in [2.75, 3.05) is 13.1 Å². The molecule has 1 aromatic rings. The average Bonchev–Trinajstić information content (AvgIpc) is 2.32. The van der Waals surface area contributed by atoms with E-state index >= 15 is 0 Å². The smallest absolute Gasteiger partial charge is 0.0245 e. The fourth-order valence-corrected chi connectivity index (χ4v) is 1.04. The predicted octanol–water partition coefficient (Wildman–Crippen LogP) is 2.66. The Bertz CT molecular complexity index is 369. The summed E-state index contributed by atoms with van der Waals surface area (Å²) in [6.45, 7) is 8.20. The molecule has 1 nitrogen and oxygen atoms in total. The van der Waals surface area contributed by atoms with Crippen LogP contribution in [0.4, 0.5) is 0 Å². The molecule has 0 aliphatic rings. The van der Waals surface area contributed by atoms with Gasteiger partial charge in [0.15, 0.2) is 0 Å². The first kappa shape index (κ1) is 14.3. The Morgan fingerprint density at radius 2 is 1.56 bits per heavy atom. The fraction of sp³-hybridized carbons (Fsp3) is 0.333. The van der Waals surface area contributed by atoms with E-state index in [1.807, 2.05) is 31.2 Å². The van der Waals surface area contributed by atoms with E-state index in [1.54, 1.807) is 0 Å². The molecule has 16 heavy (non-hydrogen) atoms. The number of benzene rings is 1. The second kappa shape index (κ2) is 9.84. The topological polar surface area (TPSA) is 12.0 Å². The lowest BCUT2D eigenvalue weighted by Crippen LogP contribution is -2.09. The van der Waals surface area contributed by atoms with Gasteiger partial charge in [-0.25, -0.2) is 0 Å². The standard InChI is InChI=1S/C11H8.C4H11N/c1-3-5-11-8-6-10(4-2)7-9-11;1-3-5-4-2/h2,6-9H,1H3;5H,3-4H2,1-2H3. The van der Waals surface area contributed by atoms with E-state index in [2.05, 4.69) is 36.9 Å². The monoisotopic (exact) mass is 213 g/mol. The minimum atomic E-state index is 0.895. The number of rotatable bonds is 2. The maximum atomic E-state index is 5.19. The van der Waals surface area contributed by atoms with Gasteiger partial charge in [0.1, 0.15) is 0 Å². The molecule has 0 radical (unpaired) electrons. The third-order valence-electron chi connectivity index (χ3n) is 1.82. The highest BCUT2D eigenvalue weighted by molar-refractivity contribution is 5.40. The third-order valence-corrected chi connectivity index (χ3v) is 1.82. The van der Waals surface area contributed by atoms with Gasteiger partial charge in [0, 0.05) is 11.1 Å². The molecule has 0 atom stereocenters. The van der Waals surface area contributed by atoms with Crippen LogP contribution in [0.2, 0.25) is 0 Å². The molecule has 1 aromatic carbocycles. The highest BCUT2D eigenvalue weighted by Crippen LogP contribution is 2.00. The first-order chi connectivity index (χ1) is 7.78. The van der Waals surface area contributed by atoms with E-state index in [1.165, 1.54) is 0 Å². The van der Waals surface area contributed by atoms with Crippen molar-refractivity contribution >= 4 is 0 Å². The molecule has 84 valence electrons. The minimum Gasteiger partial charge on any atom is -0.317 e. The summed E-state index contributed by atoms with van der Waals surface area (Å²) in [6, 6.07) is 7.62. The molecule has 0 saturated carbocycles. The molecule has 0 spiro atoms. The van der Waals surface area contributed by atoms with Crippen molar-refractivity contribution in [1.82, 2.24) is 5.32 Å². The molecule has 0 aliphatic heterocycles. The van der Waals surface area contributed by atoms with Crippen LogP contribution in [-0.4, -0.2) is 13.1 Å². The molecular formula is C15H19N. The number of terminal acetylenes is 1. The second-order valence-corrected chi connectivity index (χ2v) is 3.05. The van der Waals surface area contributed by atoms with Gasteiger partial charge in [0.25, 0.3) is 0 Å². The van der Waals surface area contributed by atoms with Crippen molar-refractivity contribution in [2.45, 2.75) is 20.8 Å². The summed E-state index contributed by atoms with van der Waals surface area (Å²) < 4.78 is 0. The van der Waals surface area contributed by atoms with Gasteiger partial charge in [-0.15, -0.1) is 12.3 Å². The van der Waals surface area contributed by atoms with Gasteiger partial charge in [0.2, 0.25) is 0 Å². The number of nitrogens with one attached hydrogen (secondary N) is 1. The molecule has 1 heteroatoms. The molecule has 0 amide bonds. The van der Waals surface area contributed by atoms with Crippen molar-refractivity contribution < 1.29 is 0 Å². The zero-order chi connectivity index (χ0) is 12.2. The Balaban J connectivity index is 0.000000385. The highest BCUT2D eigenvalue weighted by Gasteiger charge is 1.85. The second-order valence-electron chi connectivity index (χ2n) is 3.05. The fourth-order valence-electron chi connectivity index (χ4n) is 1.04. The molecular weight excluding hydrogens is 194 g/mol. The van der Waals surface area contributed by atoms with Crippen LogP contribution in [0.5, 0.6) is 0 Å². The van der Waals surface area contributed by atoms with Crippen LogP contribution in [0, 0.1) is 24.2 Å². The van der Waals surface area contributed by atoms with E-state index in [0.717, 1.165) is 24.2 Å². The van der Waals surface area contributed by atoms with Gasteiger partial charge in [-0.05, 0) is 44.3 Å². The van der Waals surface area contributed by atoms with Gasteiger partial charge in [-0.1, -0.05) is 25.7 Å². The zero-order valence-electron chi connectivity index (χ0n) is 10.3. The third kappa shape index (κ3) is 6.71. The average molecular weight is 213 g/mol. The summed E-state index contributed by atoms with van der Waals surface area (Å²) in [5.74, 6) is 8.31. The van der Waals surface area contributed by atoms with Crippen molar-refractivity contribution in [3.8, 4) is 24.2 Å². The number of hydrogen-bond donors (Lipinski definition) is 1. The van der Waals surface area contributed by atoms with Crippen molar-refractivity contribution in [3.63, 3.8) is 0 Å². The van der Waals surface area contributed by atoms with E-state index in [9.17, 15) is 0 Å². The first-order valence-electron chi connectivity index (χ1n) is 5.48. The molecule has 0 unspecified atom stereocenters. The molecule has 0 saturated heterocycles. The lowest BCUT2D eigenvalue weighted by Gasteiger charge is -1.89. The summed E-state index contributed by atoms with van der Waals surface area (Å²) in [5.41, 5.74) is 1.90. The van der Waals surface area contributed by atoms with E-state index < -0.39 is 0 Å². The molecule has 1 rings (SSSR count). The van der Waals surface area contributed by atoms with Gasteiger partial charge in [-0.2, -0.15) is 0 Å². The molecule has 0 bridgehead atoms. The summed E-state index contributed by atoms with van der Waals surface area (Å²) >= 11 is 0. The van der Waals surface area contributed by atoms with Gasteiger partial charge in [-0.3, -0.25) is 0 Å². The van der Waals surface area contributed by atoms with E-state index in [-0.39, 0.29) is 0 Å². The van der Waals surface area contributed by atoms with Crippen LogP contribution >= 0.6 is 0 Å². The molecule has 0 fully saturated rings. The van der Waals surface area contributed by atoms with Crippen LogP contribution in [-0.2, 0) is 0 Å². The van der Waals surface area contributed by atoms with Crippen LogP contribution in [0.25, 0.3) is 0 Å². The summed E-state index contributed by atoms with van der Waals surface area (Å²) in [6.07, 6.45) is 5.19. The minimum absolute atomic E-state index is 0.895. The molecule has 0 aliphatic carbocycles. The summed E-state index contributed by atoms with van der Waals surface area (Å²) in [7, 11) is 0. The zero-order valence-corrected chi connectivity index (χ0v) is 10.3. The summed E-state index contributed by atoms with van der Waals surface area (Å²) in [5, 5.41) is 3.11. The molecule has 1 N–H and O–H groups in total. The van der Waals surface area contributed by atoms with E-state index in [0.29, 0.717) is 0 Å². The van der Waals surface area contributed by atoms with Crippen LogP contribution in [0.3, 0.4) is 0 Å². The maximum Gasteiger partial charge on any atom is 0.0245 e. The Morgan fingerprint density at radius 1 is 1.06 bits per heavy atom.